The Labute approximate surface area is 80.5 Å². The van der Waals surface area contributed by atoms with E-state index in [2.05, 4.69) is 12.2 Å². The van der Waals surface area contributed by atoms with Crippen molar-refractivity contribution in [2.45, 2.75) is 64.5 Å². The number of nitrogens with one attached hydrogen (secondary N) is 1. The van der Waals surface area contributed by atoms with Crippen molar-refractivity contribution in [2.75, 3.05) is 0 Å². The van der Waals surface area contributed by atoms with Crippen LogP contribution < -0.4 is 5.32 Å². The van der Waals surface area contributed by atoms with E-state index < -0.39 is 6.29 Å². The van der Waals surface area contributed by atoms with E-state index in [1.54, 1.807) is 0 Å². The molecule has 0 saturated carbocycles. The fraction of sp³-hybridized carbons (Fsp3) is 1.00. The van der Waals surface area contributed by atoms with Crippen LogP contribution >= 0.6 is 0 Å². The molecule has 1 saturated heterocycles. The molecule has 1 aliphatic rings. The summed E-state index contributed by atoms with van der Waals surface area (Å²) in [5.41, 5.74) is 0. The van der Waals surface area contributed by atoms with Gasteiger partial charge in [-0.3, -0.25) is 0 Å². The second-order valence-electron chi connectivity index (χ2n) is 4.03. The molecule has 0 amide bonds. The van der Waals surface area contributed by atoms with Crippen LogP contribution in [0.4, 0.5) is 0 Å². The molecular weight excluding hydrogens is 166 g/mol. The zero-order chi connectivity index (χ0) is 9.84. The highest BCUT2D eigenvalue weighted by Crippen LogP contribution is 2.18. The number of aliphatic hydroxyl groups is 1. The lowest BCUT2D eigenvalue weighted by Gasteiger charge is -2.21. The van der Waals surface area contributed by atoms with Gasteiger partial charge in [0.1, 0.15) is 0 Å². The predicted molar refractivity (Wildman–Crippen MR) is 52.5 cm³/mol. The van der Waals surface area contributed by atoms with Crippen molar-refractivity contribution in [2.24, 2.45) is 0 Å². The van der Waals surface area contributed by atoms with Crippen LogP contribution in [0, 0.1) is 0 Å². The molecule has 0 aromatic carbocycles. The third-order valence-electron chi connectivity index (χ3n) is 2.52. The fourth-order valence-electron chi connectivity index (χ4n) is 1.77. The zero-order valence-electron chi connectivity index (χ0n) is 8.79. The average molecular weight is 187 g/mol. The summed E-state index contributed by atoms with van der Waals surface area (Å²) in [6, 6.07) is 0.697. The van der Waals surface area contributed by atoms with Crippen LogP contribution in [-0.4, -0.2) is 29.6 Å². The second kappa shape index (κ2) is 4.94. The van der Waals surface area contributed by atoms with Crippen LogP contribution in [0.25, 0.3) is 0 Å². The van der Waals surface area contributed by atoms with Gasteiger partial charge < -0.3 is 15.2 Å². The molecule has 0 spiro atoms. The normalized spacial score (nSPS) is 31.2. The number of rotatable bonds is 4. The molecule has 2 unspecified atom stereocenters. The molecule has 0 aliphatic carbocycles. The highest BCUT2D eigenvalue weighted by atomic mass is 16.6. The third-order valence-corrected chi connectivity index (χ3v) is 2.52. The molecule has 78 valence electrons. The molecule has 1 fully saturated rings. The highest BCUT2D eigenvalue weighted by Gasteiger charge is 2.28. The Kier molecular flexibility index (Phi) is 4.16. The van der Waals surface area contributed by atoms with Crippen LogP contribution in [0.15, 0.2) is 0 Å². The van der Waals surface area contributed by atoms with Gasteiger partial charge in [-0.25, -0.2) is 0 Å². The van der Waals surface area contributed by atoms with Gasteiger partial charge in [-0.2, -0.15) is 0 Å². The molecule has 1 aliphatic heterocycles. The van der Waals surface area contributed by atoms with Gasteiger partial charge in [0.25, 0.3) is 0 Å². The van der Waals surface area contributed by atoms with E-state index in [9.17, 15) is 5.11 Å². The Hall–Kier alpha value is -0.120. The lowest BCUT2D eigenvalue weighted by molar-refractivity contribution is -0.141. The van der Waals surface area contributed by atoms with Crippen molar-refractivity contribution in [1.82, 2.24) is 5.32 Å². The Morgan fingerprint density at radius 2 is 2.15 bits per heavy atom. The Morgan fingerprint density at radius 3 is 2.62 bits per heavy atom. The lowest BCUT2D eigenvalue weighted by atomic mass is 10.1. The van der Waals surface area contributed by atoms with E-state index in [-0.39, 0.29) is 12.1 Å². The van der Waals surface area contributed by atoms with Crippen molar-refractivity contribution in [3.05, 3.63) is 0 Å². The van der Waals surface area contributed by atoms with E-state index in [0.29, 0.717) is 6.04 Å². The number of ether oxygens (including phenoxy) is 1. The molecule has 0 aromatic rings. The minimum atomic E-state index is -0.642. The minimum absolute atomic E-state index is 0.0949. The first-order valence-electron chi connectivity index (χ1n) is 5.23. The SMILES string of the molecule is CCC1CCC([C@H](O)OC(C)C)N1. The van der Waals surface area contributed by atoms with E-state index in [4.69, 9.17) is 4.74 Å². The van der Waals surface area contributed by atoms with Gasteiger partial charge in [0.15, 0.2) is 6.29 Å². The van der Waals surface area contributed by atoms with Crippen LogP contribution in [0.1, 0.15) is 40.0 Å². The molecule has 3 heteroatoms. The summed E-state index contributed by atoms with van der Waals surface area (Å²) in [6.07, 6.45) is 2.76. The van der Waals surface area contributed by atoms with Crippen molar-refractivity contribution in [3.8, 4) is 0 Å². The summed E-state index contributed by atoms with van der Waals surface area (Å²) in [7, 11) is 0. The van der Waals surface area contributed by atoms with Gasteiger partial charge in [0.2, 0.25) is 0 Å². The van der Waals surface area contributed by atoms with Crippen molar-refractivity contribution < 1.29 is 9.84 Å². The summed E-state index contributed by atoms with van der Waals surface area (Å²) in [5, 5.41) is 13.0. The van der Waals surface area contributed by atoms with Gasteiger partial charge in [0, 0.05) is 6.04 Å². The predicted octanol–water partition coefficient (Wildman–Crippen LogP) is 1.26. The van der Waals surface area contributed by atoms with Crippen molar-refractivity contribution >= 4 is 0 Å². The third kappa shape index (κ3) is 3.25. The molecule has 3 atom stereocenters. The molecule has 0 bridgehead atoms. The van der Waals surface area contributed by atoms with Crippen molar-refractivity contribution in [1.29, 1.82) is 0 Å². The van der Waals surface area contributed by atoms with E-state index in [0.717, 1.165) is 19.3 Å². The molecule has 0 radical (unpaired) electrons. The van der Waals surface area contributed by atoms with E-state index in [1.165, 1.54) is 0 Å². The Bertz CT molecular complexity index is 150. The quantitative estimate of drug-likeness (QED) is 0.651. The number of hydrogen-bond acceptors (Lipinski definition) is 3. The first kappa shape index (κ1) is 11.0. The monoisotopic (exact) mass is 187 g/mol. The molecule has 2 N–H and O–H groups in total. The molecule has 0 aromatic heterocycles. The first-order chi connectivity index (χ1) is 6.13. The van der Waals surface area contributed by atoms with Crippen LogP contribution in [-0.2, 0) is 4.74 Å². The summed E-state index contributed by atoms with van der Waals surface area (Å²) in [6.45, 7) is 6.04. The highest BCUT2D eigenvalue weighted by molar-refractivity contribution is 4.84. The van der Waals surface area contributed by atoms with Gasteiger partial charge in [-0.1, -0.05) is 6.92 Å². The summed E-state index contributed by atoms with van der Waals surface area (Å²) in [5.74, 6) is 0. The molecule has 13 heavy (non-hydrogen) atoms. The minimum Gasteiger partial charge on any atom is -0.367 e. The van der Waals surface area contributed by atoms with E-state index in [1.807, 2.05) is 13.8 Å². The van der Waals surface area contributed by atoms with Crippen LogP contribution in [0.5, 0.6) is 0 Å². The summed E-state index contributed by atoms with van der Waals surface area (Å²) >= 11 is 0. The number of aliphatic hydroxyl groups excluding tert-OH is 1. The topological polar surface area (TPSA) is 41.5 Å². The van der Waals surface area contributed by atoms with Crippen LogP contribution in [0.2, 0.25) is 0 Å². The molecular formula is C10H21NO2. The molecule has 1 rings (SSSR count). The van der Waals surface area contributed by atoms with E-state index >= 15 is 0 Å². The molecule has 3 nitrogen and oxygen atoms in total. The van der Waals surface area contributed by atoms with Gasteiger partial charge >= 0.3 is 0 Å². The average Bonchev–Trinajstić information content (AvgIpc) is 2.50. The fourth-order valence-corrected chi connectivity index (χ4v) is 1.77. The second-order valence-corrected chi connectivity index (χ2v) is 4.03. The summed E-state index contributed by atoms with van der Waals surface area (Å²) in [4.78, 5) is 0. The zero-order valence-corrected chi connectivity index (χ0v) is 8.79. The smallest absolute Gasteiger partial charge is 0.170 e. The Morgan fingerprint density at radius 1 is 1.46 bits per heavy atom. The van der Waals surface area contributed by atoms with Gasteiger partial charge in [-0.15, -0.1) is 0 Å². The maximum atomic E-state index is 9.65. The first-order valence-corrected chi connectivity index (χ1v) is 5.23. The summed E-state index contributed by atoms with van der Waals surface area (Å²) < 4.78 is 5.32. The maximum absolute atomic E-state index is 9.65. The molecule has 1 heterocycles. The maximum Gasteiger partial charge on any atom is 0.170 e. The number of hydrogen-bond donors (Lipinski definition) is 2. The largest absolute Gasteiger partial charge is 0.367 e. The van der Waals surface area contributed by atoms with Gasteiger partial charge in [0.05, 0.1) is 12.1 Å². The van der Waals surface area contributed by atoms with Crippen LogP contribution in [0.3, 0.4) is 0 Å². The van der Waals surface area contributed by atoms with Crippen molar-refractivity contribution in [3.63, 3.8) is 0 Å². The Balaban J connectivity index is 2.28. The standard InChI is InChI=1S/C10H21NO2/c1-4-8-5-6-9(11-8)10(12)13-7(2)3/h7-12H,4-6H2,1-3H3/t8?,9?,10-/m1/s1. The van der Waals surface area contributed by atoms with Gasteiger partial charge in [-0.05, 0) is 33.1 Å². The lowest BCUT2D eigenvalue weighted by Crippen LogP contribution is -2.40.